The minimum atomic E-state index is -0.0924. The van der Waals surface area contributed by atoms with Gasteiger partial charge in [-0.1, -0.05) is 12.1 Å². The number of nitrogens with zero attached hydrogens (tertiary/aromatic N) is 4. The van der Waals surface area contributed by atoms with Crippen molar-refractivity contribution in [3.05, 3.63) is 40.7 Å². The van der Waals surface area contributed by atoms with Crippen LogP contribution in [0.1, 0.15) is 12.8 Å². The molecule has 1 saturated heterocycles. The standard InChI is InChI=1S/C19H27N5O2/c1-22-11-13-23(14-12-22)9-4-8-20-19(26)7-10-24-17-6-3-2-5-16(17)18(25)15-21-24/h2-3,5-6,15H,4,7-14H2,1H3,(H,20,26). The maximum Gasteiger partial charge on any atom is 0.221 e. The van der Waals surface area contributed by atoms with Gasteiger partial charge >= 0.3 is 0 Å². The zero-order valence-electron chi connectivity index (χ0n) is 15.4. The first-order valence-corrected chi connectivity index (χ1v) is 9.26. The first-order chi connectivity index (χ1) is 12.6. The maximum absolute atomic E-state index is 12.1. The second kappa shape index (κ2) is 8.91. The topological polar surface area (TPSA) is 70.5 Å². The number of benzene rings is 1. The Morgan fingerprint density at radius 1 is 1.15 bits per heavy atom. The lowest BCUT2D eigenvalue weighted by Crippen LogP contribution is -2.45. The SMILES string of the molecule is CN1CCN(CCCNC(=O)CCn2ncc(=O)c3ccccc32)CC1. The smallest absolute Gasteiger partial charge is 0.221 e. The van der Waals surface area contributed by atoms with Crippen molar-refractivity contribution in [2.24, 2.45) is 0 Å². The predicted octanol–water partition coefficient (Wildman–Crippen LogP) is 0.540. The van der Waals surface area contributed by atoms with E-state index in [4.69, 9.17) is 0 Å². The van der Waals surface area contributed by atoms with E-state index in [1.54, 1.807) is 10.7 Å². The third-order valence-corrected chi connectivity index (χ3v) is 4.88. The molecular formula is C19H27N5O2. The molecule has 0 unspecified atom stereocenters. The molecule has 0 bridgehead atoms. The quantitative estimate of drug-likeness (QED) is 0.733. The van der Waals surface area contributed by atoms with E-state index >= 15 is 0 Å². The van der Waals surface area contributed by atoms with Gasteiger partial charge in [0.25, 0.3) is 0 Å². The van der Waals surface area contributed by atoms with Gasteiger partial charge in [-0.15, -0.1) is 0 Å². The number of hydrogen-bond acceptors (Lipinski definition) is 5. The first kappa shape index (κ1) is 18.5. The number of piperazine rings is 1. The molecule has 1 aliphatic rings. The van der Waals surface area contributed by atoms with Crippen LogP contribution in [-0.2, 0) is 11.3 Å². The maximum atomic E-state index is 12.1. The van der Waals surface area contributed by atoms with Crippen molar-refractivity contribution in [2.45, 2.75) is 19.4 Å². The Kier molecular flexibility index (Phi) is 6.35. The fourth-order valence-corrected chi connectivity index (χ4v) is 3.24. The number of hydrogen-bond donors (Lipinski definition) is 1. The zero-order chi connectivity index (χ0) is 18.4. The van der Waals surface area contributed by atoms with Crippen LogP contribution in [0, 0.1) is 0 Å². The molecule has 1 N–H and O–H groups in total. The molecular weight excluding hydrogens is 330 g/mol. The highest BCUT2D eigenvalue weighted by Crippen LogP contribution is 2.08. The summed E-state index contributed by atoms with van der Waals surface area (Å²) in [4.78, 5) is 28.7. The molecule has 0 aliphatic carbocycles. The number of fused-ring (bicyclic) bond motifs is 1. The van der Waals surface area contributed by atoms with Gasteiger partial charge in [-0.2, -0.15) is 5.10 Å². The summed E-state index contributed by atoms with van der Waals surface area (Å²) in [7, 11) is 2.15. The Labute approximate surface area is 153 Å². The largest absolute Gasteiger partial charge is 0.356 e. The molecule has 1 aliphatic heterocycles. The molecule has 26 heavy (non-hydrogen) atoms. The Hall–Kier alpha value is -2.25. The van der Waals surface area contributed by atoms with Gasteiger partial charge in [0.2, 0.25) is 11.3 Å². The number of rotatable bonds is 7. The van der Waals surface area contributed by atoms with Crippen LogP contribution in [0.25, 0.3) is 10.9 Å². The van der Waals surface area contributed by atoms with Gasteiger partial charge in [0.15, 0.2) is 0 Å². The third-order valence-electron chi connectivity index (χ3n) is 4.88. The Bertz CT molecular complexity index is 796. The van der Waals surface area contributed by atoms with Crippen LogP contribution < -0.4 is 10.7 Å². The minimum absolute atomic E-state index is 0.0213. The lowest BCUT2D eigenvalue weighted by molar-refractivity contribution is -0.121. The molecule has 0 atom stereocenters. The van der Waals surface area contributed by atoms with E-state index in [-0.39, 0.29) is 11.3 Å². The molecule has 1 aromatic heterocycles. The predicted molar refractivity (Wildman–Crippen MR) is 102 cm³/mol. The molecule has 2 heterocycles. The highest BCUT2D eigenvalue weighted by molar-refractivity contribution is 5.78. The van der Waals surface area contributed by atoms with Gasteiger partial charge in [-0.3, -0.25) is 14.3 Å². The summed E-state index contributed by atoms with van der Waals surface area (Å²) in [5.41, 5.74) is 0.674. The average Bonchev–Trinajstić information content (AvgIpc) is 2.66. The fourth-order valence-electron chi connectivity index (χ4n) is 3.24. The monoisotopic (exact) mass is 357 g/mol. The van der Waals surface area contributed by atoms with Crippen LogP contribution in [0.3, 0.4) is 0 Å². The van der Waals surface area contributed by atoms with E-state index in [9.17, 15) is 9.59 Å². The number of aromatic nitrogens is 2. The number of carbonyl (C=O) groups is 1. The molecule has 3 rings (SSSR count). The molecule has 0 spiro atoms. The van der Waals surface area contributed by atoms with Crippen molar-refractivity contribution in [1.29, 1.82) is 0 Å². The van der Waals surface area contributed by atoms with E-state index in [0.717, 1.165) is 44.7 Å². The van der Waals surface area contributed by atoms with E-state index in [0.29, 0.717) is 24.9 Å². The van der Waals surface area contributed by atoms with E-state index < -0.39 is 0 Å². The van der Waals surface area contributed by atoms with E-state index in [1.807, 2.05) is 18.2 Å². The van der Waals surface area contributed by atoms with Crippen molar-refractivity contribution in [3.8, 4) is 0 Å². The van der Waals surface area contributed by atoms with Crippen LogP contribution in [0.2, 0.25) is 0 Å². The molecule has 0 saturated carbocycles. The average molecular weight is 357 g/mol. The molecule has 1 aromatic carbocycles. The molecule has 7 heteroatoms. The van der Waals surface area contributed by atoms with Gasteiger partial charge in [0.1, 0.15) is 0 Å². The van der Waals surface area contributed by atoms with Crippen molar-refractivity contribution in [3.63, 3.8) is 0 Å². The highest BCUT2D eigenvalue weighted by atomic mass is 16.1. The summed E-state index contributed by atoms with van der Waals surface area (Å²) in [5, 5.41) is 7.77. The number of amides is 1. The Morgan fingerprint density at radius 3 is 2.73 bits per heavy atom. The molecule has 0 radical (unpaired) electrons. The van der Waals surface area contributed by atoms with Crippen molar-refractivity contribution >= 4 is 16.8 Å². The third kappa shape index (κ3) is 4.89. The van der Waals surface area contributed by atoms with Crippen LogP contribution in [0.15, 0.2) is 35.3 Å². The van der Waals surface area contributed by atoms with Crippen molar-refractivity contribution in [2.75, 3.05) is 46.3 Å². The van der Waals surface area contributed by atoms with Gasteiger partial charge in [-0.05, 0) is 32.1 Å². The van der Waals surface area contributed by atoms with Crippen LogP contribution in [0.5, 0.6) is 0 Å². The second-order valence-electron chi connectivity index (χ2n) is 6.85. The number of nitrogens with one attached hydrogen (secondary N) is 1. The number of carbonyl (C=O) groups excluding carboxylic acids is 1. The number of aryl methyl sites for hydroxylation is 1. The summed E-state index contributed by atoms with van der Waals surface area (Å²) in [5.74, 6) is 0.0213. The summed E-state index contributed by atoms with van der Waals surface area (Å²) in [6.07, 6.45) is 2.64. The van der Waals surface area contributed by atoms with Gasteiger partial charge in [0, 0.05) is 44.5 Å². The van der Waals surface area contributed by atoms with Crippen LogP contribution >= 0.6 is 0 Å². The summed E-state index contributed by atoms with van der Waals surface area (Å²) >= 11 is 0. The highest BCUT2D eigenvalue weighted by Gasteiger charge is 2.13. The Balaban J connectivity index is 1.41. The van der Waals surface area contributed by atoms with E-state index in [1.165, 1.54) is 6.20 Å². The fraction of sp³-hybridized carbons (Fsp3) is 0.526. The summed E-state index contributed by atoms with van der Waals surface area (Å²) < 4.78 is 1.72. The molecule has 1 amide bonds. The normalized spacial score (nSPS) is 16.0. The summed E-state index contributed by atoms with van der Waals surface area (Å²) in [6.45, 7) is 6.64. The van der Waals surface area contributed by atoms with Crippen molar-refractivity contribution < 1.29 is 4.79 Å². The van der Waals surface area contributed by atoms with E-state index in [2.05, 4.69) is 27.3 Å². The lowest BCUT2D eigenvalue weighted by Gasteiger charge is -2.32. The van der Waals surface area contributed by atoms with Crippen LogP contribution in [-0.4, -0.2) is 71.8 Å². The number of para-hydroxylation sites is 1. The van der Waals surface area contributed by atoms with Crippen LogP contribution in [0.4, 0.5) is 0 Å². The molecule has 1 fully saturated rings. The van der Waals surface area contributed by atoms with Gasteiger partial charge in [0.05, 0.1) is 18.3 Å². The zero-order valence-corrected chi connectivity index (χ0v) is 15.4. The second-order valence-corrected chi connectivity index (χ2v) is 6.85. The Morgan fingerprint density at radius 2 is 1.92 bits per heavy atom. The molecule has 140 valence electrons. The molecule has 2 aromatic rings. The van der Waals surface area contributed by atoms with Gasteiger partial charge in [-0.25, -0.2) is 0 Å². The van der Waals surface area contributed by atoms with Crippen molar-refractivity contribution in [1.82, 2.24) is 24.9 Å². The first-order valence-electron chi connectivity index (χ1n) is 9.26. The minimum Gasteiger partial charge on any atom is -0.356 e. The van der Waals surface area contributed by atoms with Gasteiger partial charge < -0.3 is 15.1 Å². The molecule has 7 nitrogen and oxygen atoms in total. The summed E-state index contributed by atoms with van der Waals surface area (Å²) in [6, 6.07) is 7.35. The lowest BCUT2D eigenvalue weighted by atomic mass is 10.2. The number of likely N-dealkylation sites (N-methyl/N-ethyl adjacent to an activating group) is 1.